The molecule has 0 bridgehead atoms. The number of nitrogens with zero attached hydrogens (tertiary/aromatic N) is 4. The van der Waals surface area contributed by atoms with Crippen LogP contribution in [0.3, 0.4) is 0 Å². The summed E-state index contributed by atoms with van der Waals surface area (Å²) < 4.78 is 30.8. The molecule has 0 radical (unpaired) electrons. The fraction of sp³-hybridized carbons (Fsp3) is 0.419. The number of aromatic nitrogens is 2. The van der Waals surface area contributed by atoms with Gasteiger partial charge in [-0.15, -0.1) is 11.3 Å². The van der Waals surface area contributed by atoms with Crippen LogP contribution in [0.2, 0.25) is 0 Å². The van der Waals surface area contributed by atoms with E-state index in [0.717, 1.165) is 34.7 Å². The molecular weight excluding hydrogens is 569 g/mol. The molecule has 2 aliphatic rings. The van der Waals surface area contributed by atoms with E-state index in [0.29, 0.717) is 29.1 Å². The molecule has 4 aromatic rings. The average molecular weight is 607 g/mol. The maximum atomic E-state index is 12.0. The molecule has 0 spiro atoms. The molecule has 42 heavy (non-hydrogen) atoms. The Labute approximate surface area is 251 Å². The third-order valence-electron chi connectivity index (χ3n) is 8.22. The minimum atomic E-state index is -3.20. The van der Waals surface area contributed by atoms with Crippen molar-refractivity contribution in [1.82, 2.24) is 14.9 Å². The third kappa shape index (κ3) is 6.33. The first-order valence-corrected chi connectivity index (χ1v) is 17.4. The lowest BCUT2D eigenvalue weighted by Crippen LogP contribution is -2.44. The Morgan fingerprint density at radius 1 is 1.00 bits per heavy atom. The normalized spacial score (nSPS) is 16.7. The molecule has 2 aliphatic heterocycles. The summed E-state index contributed by atoms with van der Waals surface area (Å²) in [6.07, 6.45) is 6.30. The molecule has 222 valence electrons. The van der Waals surface area contributed by atoms with Gasteiger partial charge in [-0.25, -0.2) is 13.4 Å². The van der Waals surface area contributed by atoms with Crippen LogP contribution < -0.4 is 20.3 Å². The van der Waals surface area contributed by atoms with Gasteiger partial charge in [-0.1, -0.05) is 18.2 Å². The van der Waals surface area contributed by atoms with Gasteiger partial charge in [-0.2, -0.15) is 4.98 Å². The topological polar surface area (TPSA) is 99.7 Å². The second kappa shape index (κ2) is 12.1. The second-order valence-electron chi connectivity index (χ2n) is 11.3. The molecule has 2 N–H and O–H groups in total. The highest BCUT2D eigenvalue weighted by Gasteiger charge is 2.27. The summed E-state index contributed by atoms with van der Waals surface area (Å²) >= 11 is 1.54. The Kier molecular flexibility index (Phi) is 8.24. The predicted molar refractivity (Wildman–Crippen MR) is 173 cm³/mol. The molecule has 4 heterocycles. The molecular formula is C31H38N6O3S2. The predicted octanol–water partition coefficient (Wildman–Crippen LogP) is 6.10. The van der Waals surface area contributed by atoms with E-state index in [9.17, 15) is 8.42 Å². The number of para-hydroxylation sites is 1. The highest BCUT2D eigenvalue weighted by molar-refractivity contribution is 7.89. The van der Waals surface area contributed by atoms with Crippen LogP contribution >= 0.6 is 11.3 Å². The van der Waals surface area contributed by atoms with E-state index in [2.05, 4.69) is 39.5 Å². The summed E-state index contributed by atoms with van der Waals surface area (Å²) in [7, 11) is -1.52. The van der Waals surface area contributed by atoms with Gasteiger partial charge >= 0.3 is 0 Å². The number of fused-ring (bicyclic) bond motifs is 1. The molecule has 2 saturated heterocycles. The second-order valence-corrected chi connectivity index (χ2v) is 14.4. The van der Waals surface area contributed by atoms with Crippen molar-refractivity contribution in [3.63, 3.8) is 0 Å². The summed E-state index contributed by atoms with van der Waals surface area (Å²) in [6, 6.07) is 14.3. The zero-order valence-electron chi connectivity index (χ0n) is 24.4. The minimum Gasteiger partial charge on any atom is -0.494 e. The maximum absolute atomic E-state index is 12.0. The number of methoxy groups -OCH3 is 1. The van der Waals surface area contributed by atoms with Gasteiger partial charge in [0.05, 0.1) is 28.8 Å². The number of sulfone groups is 1. The van der Waals surface area contributed by atoms with Crippen molar-refractivity contribution in [3.05, 3.63) is 59.0 Å². The maximum Gasteiger partial charge on any atom is 0.229 e. The van der Waals surface area contributed by atoms with Crippen molar-refractivity contribution in [2.24, 2.45) is 0 Å². The van der Waals surface area contributed by atoms with Crippen LogP contribution in [0.4, 0.5) is 28.8 Å². The molecule has 9 nitrogen and oxygen atoms in total. The van der Waals surface area contributed by atoms with E-state index in [1.165, 1.54) is 67.6 Å². The van der Waals surface area contributed by atoms with E-state index in [1.807, 2.05) is 35.7 Å². The number of hydrogen-bond acceptors (Lipinski definition) is 10. The molecule has 11 heteroatoms. The van der Waals surface area contributed by atoms with Gasteiger partial charge in [0.15, 0.2) is 15.7 Å². The largest absolute Gasteiger partial charge is 0.494 e. The monoisotopic (exact) mass is 606 g/mol. The number of nitrogens with one attached hydrogen (secondary N) is 2. The molecule has 2 fully saturated rings. The Morgan fingerprint density at radius 3 is 2.50 bits per heavy atom. The first-order chi connectivity index (χ1) is 20.3. The van der Waals surface area contributed by atoms with Crippen LogP contribution in [0, 0.1) is 6.92 Å². The van der Waals surface area contributed by atoms with E-state index in [4.69, 9.17) is 14.7 Å². The number of rotatable bonds is 9. The van der Waals surface area contributed by atoms with Crippen LogP contribution in [0.5, 0.6) is 5.75 Å². The summed E-state index contributed by atoms with van der Waals surface area (Å²) in [4.78, 5) is 14.7. The van der Waals surface area contributed by atoms with E-state index in [1.54, 1.807) is 7.11 Å². The van der Waals surface area contributed by atoms with Gasteiger partial charge in [0, 0.05) is 42.8 Å². The van der Waals surface area contributed by atoms with Crippen molar-refractivity contribution < 1.29 is 13.2 Å². The standard InChI is InChI=1S/C31H38N6O3S2/c1-21-18-26(28(40-2)19-27(21)37-15-10-23(11-16-37)36-13-6-7-14-36)34-31-33-25-12-17-41-29(25)30(35-31)32-24-9-5-4-8-22(24)20-42(3,38)39/h4-5,8-9,12,17-19,23H,6-7,10-11,13-16,20H2,1-3H3,(H2,32,33,34,35). The molecule has 0 unspecified atom stereocenters. The van der Waals surface area contributed by atoms with Gasteiger partial charge in [0.25, 0.3) is 0 Å². The molecule has 0 atom stereocenters. The van der Waals surface area contributed by atoms with Crippen molar-refractivity contribution in [2.45, 2.75) is 44.4 Å². The Morgan fingerprint density at radius 2 is 1.76 bits per heavy atom. The van der Waals surface area contributed by atoms with Gasteiger partial charge < -0.3 is 25.2 Å². The first kappa shape index (κ1) is 28.7. The molecule has 0 aliphatic carbocycles. The molecule has 2 aromatic carbocycles. The molecule has 6 rings (SSSR count). The van der Waals surface area contributed by atoms with Gasteiger partial charge in [-0.3, -0.25) is 0 Å². The van der Waals surface area contributed by atoms with E-state index < -0.39 is 9.84 Å². The van der Waals surface area contributed by atoms with Crippen LogP contribution in [-0.4, -0.2) is 68.9 Å². The van der Waals surface area contributed by atoms with Crippen molar-refractivity contribution in [2.75, 3.05) is 55.1 Å². The van der Waals surface area contributed by atoms with Crippen LogP contribution in [-0.2, 0) is 15.6 Å². The number of anilines is 5. The zero-order valence-corrected chi connectivity index (χ0v) is 26.0. The van der Waals surface area contributed by atoms with Crippen LogP contribution in [0.15, 0.2) is 47.8 Å². The Hall–Kier alpha value is -3.41. The van der Waals surface area contributed by atoms with Crippen molar-refractivity contribution in [3.8, 4) is 5.75 Å². The number of hydrogen-bond donors (Lipinski definition) is 2. The van der Waals surface area contributed by atoms with Crippen LogP contribution in [0.25, 0.3) is 10.2 Å². The number of aryl methyl sites for hydroxylation is 1. The minimum absolute atomic E-state index is 0.0568. The highest BCUT2D eigenvalue weighted by atomic mass is 32.2. The summed E-state index contributed by atoms with van der Waals surface area (Å²) in [5.74, 6) is 1.73. The molecule has 0 amide bonds. The van der Waals surface area contributed by atoms with Crippen molar-refractivity contribution in [1.29, 1.82) is 0 Å². The van der Waals surface area contributed by atoms with Crippen LogP contribution in [0.1, 0.15) is 36.8 Å². The lowest BCUT2D eigenvalue weighted by atomic mass is 10.0. The molecule has 2 aromatic heterocycles. The fourth-order valence-electron chi connectivity index (χ4n) is 6.17. The number of piperidine rings is 1. The van der Waals surface area contributed by atoms with Gasteiger partial charge in [-0.05, 0) is 80.4 Å². The number of benzene rings is 2. The lowest BCUT2D eigenvalue weighted by Gasteiger charge is -2.38. The fourth-order valence-corrected chi connectivity index (χ4v) is 7.76. The lowest BCUT2D eigenvalue weighted by molar-refractivity contribution is 0.208. The number of thiophene rings is 1. The number of ether oxygens (including phenoxy) is 1. The summed E-state index contributed by atoms with van der Waals surface area (Å²) in [5.41, 5.74) is 5.36. The van der Waals surface area contributed by atoms with Gasteiger partial charge in [0.2, 0.25) is 5.95 Å². The molecule has 0 saturated carbocycles. The van der Waals surface area contributed by atoms with E-state index >= 15 is 0 Å². The quantitative estimate of drug-likeness (QED) is 0.234. The van der Waals surface area contributed by atoms with Gasteiger partial charge in [0.1, 0.15) is 5.75 Å². The average Bonchev–Trinajstić information content (AvgIpc) is 3.67. The summed E-state index contributed by atoms with van der Waals surface area (Å²) in [6.45, 7) is 6.74. The zero-order chi connectivity index (χ0) is 29.3. The third-order valence-corrected chi connectivity index (χ3v) is 9.96. The summed E-state index contributed by atoms with van der Waals surface area (Å²) in [5, 5.41) is 8.75. The number of likely N-dealkylation sites (tertiary alicyclic amines) is 1. The highest BCUT2D eigenvalue weighted by Crippen LogP contribution is 2.37. The SMILES string of the molecule is COc1cc(N2CCC(N3CCCC3)CC2)c(C)cc1Nc1nc(Nc2ccccc2CS(C)(=O)=O)c2sccc2n1. The van der Waals surface area contributed by atoms with Crippen molar-refractivity contribution >= 4 is 60.2 Å². The smallest absolute Gasteiger partial charge is 0.229 e. The van der Waals surface area contributed by atoms with E-state index in [-0.39, 0.29) is 5.75 Å². The Bertz CT molecular complexity index is 1680. The first-order valence-electron chi connectivity index (χ1n) is 14.5. The Balaban J connectivity index is 1.25.